The molecule has 0 bridgehead atoms. The number of fused-ring (bicyclic) bond motifs is 8. The summed E-state index contributed by atoms with van der Waals surface area (Å²) < 4.78 is 6.29. The summed E-state index contributed by atoms with van der Waals surface area (Å²) in [5.41, 5.74) is 8.40. The van der Waals surface area contributed by atoms with E-state index in [2.05, 4.69) is 157 Å². The van der Waals surface area contributed by atoms with E-state index in [0.717, 1.165) is 44.7 Å². The lowest BCUT2D eigenvalue weighted by Gasteiger charge is -2.25. The molecule has 0 spiro atoms. The Kier molecular flexibility index (Phi) is 6.49. The van der Waals surface area contributed by atoms with Crippen molar-refractivity contribution in [3.8, 4) is 22.3 Å². The molecule has 0 aliphatic carbocycles. The molecule has 2 heterocycles. The van der Waals surface area contributed by atoms with Crippen LogP contribution in [0.25, 0.3) is 76.5 Å². The first-order valence-corrected chi connectivity index (χ1v) is 17.0. The Hall–Kier alpha value is -6.71. The number of benzene rings is 8. The van der Waals surface area contributed by atoms with Gasteiger partial charge in [0.25, 0.3) is 0 Å². The Morgan fingerprint density at radius 3 is 1.74 bits per heavy atom. The van der Waals surface area contributed by atoms with Crippen LogP contribution < -0.4 is 4.90 Å². The number of hydrogen-bond donors (Lipinski definition) is 0. The number of rotatable bonds is 5. The highest BCUT2D eigenvalue weighted by Gasteiger charge is 2.21. The molecule has 10 aromatic rings. The molecule has 0 atom stereocenters. The summed E-state index contributed by atoms with van der Waals surface area (Å²) in [7, 11) is 0. The van der Waals surface area contributed by atoms with E-state index in [1.54, 1.807) is 0 Å². The molecule has 3 heteroatoms. The fourth-order valence-electron chi connectivity index (χ4n) is 7.47. The molecule has 50 heavy (non-hydrogen) atoms. The molecule has 0 unspecified atom stereocenters. The van der Waals surface area contributed by atoms with Crippen LogP contribution in [0.1, 0.15) is 0 Å². The van der Waals surface area contributed by atoms with E-state index in [1.807, 2.05) is 30.5 Å². The van der Waals surface area contributed by atoms with Crippen molar-refractivity contribution in [1.29, 1.82) is 0 Å². The molecule has 8 aromatic carbocycles. The number of anilines is 3. The zero-order chi connectivity index (χ0) is 33.0. The van der Waals surface area contributed by atoms with Crippen molar-refractivity contribution < 1.29 is 4.42 Å². The van der Waals surface area contributed by atoms with E-state index >= 15 is 0 Å². The average Bonchev–Trinajstić information content (AvgIpc) is 3.58. The number of aromatic nitrogens is 1. The number of hydrogen-bond acceptors (Lipinski definition) is 3. The van der Waals surface area contributed by atoms with E-state index in [0.29, 0.717) is 0 Å². The van der Waals surface area contributed by atoms with Gasteiger partial charge >= 0.3 is 0 Å². The maximum absolute atomic E-state index is 6.29. The van der Waals surface area contributed by atoms with E-state index in [-0.39, 0.29) is 0 Å². The van der Waals surface area contributed by atoms with Crippen LogP contribution in [0.3, 0.4) is 0 Å². The molecule has 0 amide bonds. The molecular formula is C47H30N2O. The second-order valence-corrected chi connectivity index (χ2v) is 12.8. The SMILES string of the molecule is c1ccc(-c2ccc(N(c3ccc(-c4ccc5c(ccc6ccc7ccccc7c65)c4)cc3)c3nccc4oc5ccccc5c34)cc2)cc1. The van der Waals surface area contributed by atoms with Crippen LogP contribution in [0.2, 0.25) is 0 Å². The summed E-state index contributed by atoms with van der Waals surface area (Å²) in [4.78, 5) is 7.23. The van der Waals surface area contributed by atoms with Crippen molar-refractivity contribution in [1.82, 2.24) is 4.98 Å². The Bertz CT molecular complexity index is 2850. The second-order valence-electron chi connectivity index (χ2n) is 12.8. The quantitative estimate of drug-likeness (QED) is 0.176. The van der Waals surface area contributed by atoms with Gasteiger partial charge in [0.15, 0.2) is 0 Å². The maximum atomic E-state index is 6.29. The third-order valence-electron chi connectivity index (χ3n) is 9.90. The first-order chi connectivity index (χ1) is 24.8. The van der Waals surface area contributed by atoms with Crippen LogP contribution in [0.5, 0.6) is 0 Å². The van der Waals surface area contributed by atoms with E-state index in [4.69, 9.17) is 9.40 Å². The van der Waals surface area contributed by atoms with Crippen molar-refractivity contribution in [2.24, 2.45) is 0 Å². The smallest absolute Gasteiger partial charge is 0.149 e. The lowest BCUT2D eigenvalue weighted by molar-refractivity contribution is 0.668. The van der Waals surface area contributed by atoms with Crippen LogP contribution >= 0.6 is 0 Å². The molecule has 2 aromatic heterocycles. The van der Waals surface area contributed by atoms with Gasteiger partial charge < -0.3 is 4.42 Å². The normalized spacial score (nSPS) is 11.6. The largest absolute Gasteiger partial charge is 0.456 e. The number of pyridine rings is 1. The van der Waals surface area contributed by atoms with Gasteiger partial charge in [-0.15, -0.1) is 0 Å². The highest BCUT2D eigenvalue weighted by molar-refractivity contribution is 6.20. The number of furan rings is 1. The number of para-hydroxylation sites is 1. The second kappa shape index (κ2) is 11.5. The molecule has 10 rings (SSSR count). The van der Waals surface area contributed by atoms with Gasteiger partial charge in [0.05, 0.1) is 5.39 Å². The molecule has 0 fully saturated rings. The van der Waals surface area contributed by atoms with Crippen LogP contribution in [-0.4, -0.2) is 4.98 Å². The average molecular weight is 639 g/mol. The third kappa shape index (κ3) is 4.63. The van der Waals surface area contributed by atoms with Gasteiger partial charge in [0, 0.05) is 23.0 Å². The molecule has 0 radical (unpaired) electrons. The molecule has 0 aliphatic heterocycles. The summed E-state index contributed by atoms with van der Waals surface area (Å²) in [5.74, 6) is 0.831. The molecule has 3 nitrogen and oxygen atoms in total. The molecule has 0 N–H and O–H groups in total. The minimum atomic E-state index is 0.815. The topological polar surface area (TPSA) is 29.3 Å². The Morgan fingerprint density at radius 2 is 0.960 bits per heavy atom. The van der Waals surface area contributed by atoms with E-state index in [1.165, 1.54) is 49.0 Å². The fourth-order valence-corrected chi connectivity index (χ4v) is 7.47. The predicted molar refractivity (Wildman–Crippen MR) is 210 cm³/mol. The van der Waals surface area contributed by atoms with Gasteiger partial charge in [-0.3, -0.25) is 4.90 Å². The summed E-state index contributed by atoms with van der Waals surface area (Å²) >= 11 is 0. The van der Waals surface area contributed by atoms with Crippen LogP contribution in [0.15, 0.2) is 187 Å². The van der Waals surface area contributed by atoms with E-state index in [9.17, 15) is 0 Å². The predicted octanol–water partition coefficient (Wildman–Crippen LogP) is 13.2. The van der Waals surface area contributed by atoms with Crippen LogP contribution in [0.4, 0.5) is 17.2 Å². The van der Waals surface area contributed by atoms with Gasteiger partial charge in [-0.2, -0.15) is 0 Å². The molecule has 0 saturated carbocycles. The number of nitrogens with zero attached hydrogens (tertiary/aromatic N) is 2. The zero-order valence-corrected chi connectivity index (χ0v) is 27.1. The first-order valence-electron chi connectivity index (χ1n) is 17.0. The van der Waals surface area contributed by atoms with Crippen molar-refractivity contribution in [3.63, 3.8) is 0 Å². The zero-order valence-electron chi connectivity index (χ0n) is 27.1. The summed E-state index contributed by atoms with van der Waals surface area (Å²) in [6.07, 6.45) is 1.84. The monoisotopic (exact) mass is 638 g/mol. The lowest BCUT2D eigenvalue weighted by atomic mass is 9.94. The van der Waals surface area contributed by atoms with Crippen LogP contribution in [-0.2, 0) is 0 Å². The Morgan fingerprint density at radius 1 is 0.380 bits per heavy atom. The Balaban J connectivity index is 1.09. The summed E-state index contributed by atoms with van der Waals surface area (Å²) in [6, 6.07) is 62.6. The Labute approximate surface area is 289 Å². The third-order valence-corrected chi connectivity index (χ3v) is 9.90. The van der Waals surface area contributed by atoms with Gasteiger partial charge in [-0.05, 0) is 97.0 Å². The highest BCUT2D eigenvalue weighted by Crippen LogP contribution is 2.42. The standard InChI is InChI=1S/C47H30N2O/c1-2-8-31(9-3-1)32-18-23-38(24-19-32)49(47-46-42-12-6-7-13-43(42)50-44(46)28-29-48-47)39-25-20-33(21-26-39)36-22-27-41-37(30-36)17-16-35-15-14-34-10-4-5-11-40(34)45(35)41/h1-30H. The molecular weight excluding hydrogens is 609 g/mol. The minimum Gasteiger partial charge on any atom is -0.456 e. The highest BCUT2D eigenvalue weighted by atomic mass is 16.3. The van der Waals surface area contributed by atoms with Gasteiger partial charge in [-0.1, -0.05) is 133 Å². The summed E-state index contributed by atoms with van der Waals surface area (Å²) in [5, 5.41) is 9.68. The molecule has 0 aliphatic rings. The maximum Gasteiger partial charge on any atom is 0.149 e. The fraction of sp³-hybridized carbons (Fsp3) is 0. The van der Waals surface area contributed by atoms with Crippen molar-refractivity contribution in [3.05, 3.63) is 182 Å². The molecule has 234 valence electrons. The minimum absolute atomic E-state index is 0.815. The molecule has 0 saturated heterocycles. The van der Waals surface area contributed by atoms with E-state index < -0.39 is 0 Å². The van der Waals surface area contributed by atoms with Crippen molar-refractivity contribution in [2.45, 2.75) is 0 Å². The van der Waals surface area contributed by atoms with Crippen LogP contribution in [0, 0.1) is 0 Å². The van der Waals surface area contributed by atoms with Gasteiger partial charge in [0.2, 0.25) is 0 Å². The van der Waals surface area contributed by atoms with Gasteiger partial charge in [-0.25, -0.2) is 4.98 Å². The first kappa shape index (κ1) is 28.3. The lowest BCUT2D eigenvalue weighted by Crippen LogP contribution is -2.11. The van der Waals surface area contributed by atoms with Crippen molar-refractivity contribution in [2.75, 3.05) is 4.90 Å². The van der Waals surface area contributed by atoms with Gasteiger partial charge in [0.1, 0.15) is 17.0 Å². The van der Waals surface area contributed by atoms with Crippen molar-refractivity contribution >= 4 is 71.4 Å². The summed E-state index contributed by atoms with van der Waals surface area (Å²) in [6.45, 7) is 0.